The number of anilines is 1. The summed E-state index contributed by atoms with van der Waals surface area (Å²) in [5.74, 6) is 0.0795. The summed E-state index contributed by atoms with van der Waals surface area (Å²) in [4.78, 5) is 26.4. The summed E-state index contributed by atoms with van der Waals surface area (Å²) in [6.07, 6.45) is 0.106. The maximum atomic E-state index is 12.4. The Morgan fingerprint density at radius 3 is 2.56 bits per heavy atom. The zero-order chi connectivity index (χ0) is 19.4. The van der Waals surface area contributed by atoms with Gasteiger partial charge in [-0.1, -0.05) is 23.7 Å². The molecule has 27 heavy (non-hydrogen) atoms. The highest BCUT2D eigenvalue weighted by molar-refractivity contribution is 6.30. The molecule has 1 heterocycles. The average molecular weight is 390 g/mol. The van der Waals surface area contributed by atoms with E-state index in [4.69, 9.17) is 25.8 Å². The van der Waals surface area contributed by atoms with E-state index < -0.39 is 11.9 Å². The Kier molecular flexibility index (Phi) is 5.86. The summed E-state index contributed by atoms with van der Waals surface area (Å²) < 4.78 is 15.9. The Bertz CT molecular complexity index is 837. The molecule has 0 unspecified atom stereocenters. The van der Waals surface area contributed by atoms with E-state index in [9.17, 15) is 9.59 Å². The van der Waals surface area contributed by atoms with Gasteiger partial charge in [0.15, 0.2) is 0 Å². The smallest absolute Gasteiger partial charge is 0.311 e. The number of benzene rings is 2. The van der Waals surface area contributed by atoms with Crippen molar-refractivity contribution in [2.24, 2.45) is 5.92 Å². The third kappa shape index (κ3) is 4.34. The van der Waals surface area contributed by atoms with E-state index in [0.29, 0.717) is 22.2 Å². The number of hydrogen-bond donors (Lipinski definition) is 0. The van der Waals surface area contributed by atoms with Crippen LogP contribution in [0.5, 0.6) is 11.5 Å². The first kappa shape index (κ1) is 19.0. The number of ether oxygens (including phenoxy) is 3. The Balaban J connectivity index is 1.66. The molecule has 0 radical (unpaired) electrons. The first-order valence-electron chi connectivity index (χ1n) is 8.45. The number of carbonyl (C=O) groups excluding carboxylic acids is 2. The second-order valence-corrected chi connectivity index (χ2v) is 6.61. The summed E-state index contributed by atoms with van der Waals surface area (Å²) >= 11 is 5.84. The molecule has 1 aliphatic rings. The summed E-state index contributed by atoms with van der Waals surface area (Å²) in [5, 5.41) is 0.621. The Morgan fingerprint density at radius 2 is 1.89 bits per heavy atom. The molecule has 2 aromatic carbocycles. The SMILES string of the molecule is COc1ccc(N2C[C@H](C(=O)OCc3ccc(Cl)cc3)CC2=O)c(OC)c1. The van der Waals surface area contributed by atoms with Crippen LogP contribution in [0.3, 0.4) is 0 Å². The zero-order valence-corrected chi connectivity index (χ0v) is 15.9. The molecule has 1 amide bonds. The van der Waals surface area contributed by atoms with Crippen LogP contribution >= 0.6 is 11.6 Å². The molecule has 1 fully saturated rings. The molecule has 1 aliphatic heterocycles. The van der Waals surface area contributed by atoms with E-state index in [1.165, 1.54) is 7.11 Å². The molecule has 0 aromatic heterocycles. The number of esters is 1. The highest BCUT2D eigenvalue weighted by atomic mass is 35.5. The van der Waals surface area contributed by atoms with Crippen LogP contribution in [0.1, 0.15) is 12.0 Å². The molecule has 0 saturated carbocycles. The van der Waals surface area contributed by atoms with Crippen molar-refractivity contribution < 1.29 is 23.8 Å². The molecule has 1 saturated heterocycles. The minimum Gasteiger partial charge on any atom is -0.497 e. The quantitative estimate of drug-likeness (QED) is 0.708. The molecule has 0 aliphatic carbocycles. The molecular formula is C20H20ClNO5. The maximum Gasteiger partial charge on any atom is 0.311 e. The third-order valence-corrected chi connectivity index (χ3v) is 4.68. The van der Waals surface area contributed by atoms with Gasteiger partial charge in [0.25, 0.3) is 0 Å². The van der Waals surface area contributed by atoms with Crippen molar-refractivity contribution in [1.29, 1.82) is 0 Å². The normalized spacial score (nSPS) is 16.3. The Labute approximate surface area is 162 Å². The number of hydrogen-bond acceptors (Lipinski definition) is 5. The fourth-order valence-corrected chi connectivity index (χ4v) is 3.09. The number of amides is 1. The van der Waals surface area contributed by atoms with Gasteiger partial charge in [-0.3, -0.25) is 9.59 Å². The topological polar surface area (TPSA) is 65.1 Å². The number of nitrogens with zero attached hydrogens (tertiary/aromatic N) is 1. The van der Waals surface area contributed by atoms with Crippen LogP contribution in [0.2, 0.25) is 5.02 Å². The van der Waals surface area contributed by atoms with Crippen molar-refractivity contribution >= 4 is 29.2 Å². The first-order chi connectivity index (χ1) is 13.0. The summed E-state index contributed by atoms with van der Waals surface area (Å²) in [7, 11) is 3.08. The van der Waals surface area contributed by atoms with Crippen molar-refractivity contribution in [3.05, 3.63) is 53.1 Å². The second-order valence-electron chi connectivity index (χ2n) is 6.18. The van der Waals surface area contributed by atoms with Crippen LogP contribution in [0.4, 0.5) is 5.69 Å². The highest BCUT2D eigenvalue weighted by Crippen LogP contribution is 2.36. The van der Waals surface area contributed by atoms with Crippen molar-refractivity contribution in [1.82, 2.24) is 0 Å². The van der Waals surface area contributed by atoms with Gasteiger partial charge in [-0.05, 0) is 29.8 Å². The minimum atomic E-state index is -0.517. The summed E-state index contributed by atoms with van der Waals surface area (Å²) in [5.41, 5.74) is 1.45. The molecule has 3 rings (SSSR count). The van der Waals surface area contributed by atoms with E-state index in [0.717, 1.165) is 5.56 Å². The lowest BCUT2D eigenvalue weighted by Gasteiger charge is -2.20. The molecule has 0 N–H and O–H groups in total. The van der Waals surface area contributed by atoms with Gasteiger partial charge in [0, 0.05) is 24.1 Å². The number of carbonyl (C=O) groups is 2. The lowest BCUT2D eigenvalue weighted by molar-refractivity contribution is -0.149. The van der Waals surface area contributed by atoms with E-state index in [1.807, 2.05) is 0 Å². The van der Waals surface area contributed by atoms with E-state index in [1.54, 1.807) is 54.5 Å². The minimum absolute atomic E-state index is 0.106. The Hall–Kier alpha value is -2.73. The monoisotopic (exact) mass is 389 g/mol. The third-order valence-electron chi connectivity index (χ3n) is 4.43. The second kappa shape index (κ2) is 8.31. The molecule has 1 atom stereocenters. The van der Waals surface area contributed by atoms with Gasteiger partial charge in [-0.2, -0.15) is 0 Å². The fourth-order valence-electron chi connectivity index (χ4n) is 2.96. The molecule has 6 nitrogen and oxygen atoms in total. The van der Waals surface area contributed by atoms with E-state index in [-0.39, 0.29) is 25.5 Å². The van der Waals surface area contributed by atoms with E-state index in [2.05, 4.69) is 0 Å². The standard InChI is InChI=1S/C20H20ClNO5/c1-25-16-7-8-17(18(10-16)26-2)22-11-14(9-19(22)23)20(24)27-12-13-3-5-15(21)6-4-13/h3-8,10,14H,9,11-12H2,1-2H3/t14-/m1/s1. The Morgan fingerprint density at radius 1 is 1.15 bits per heavy atom. The van der Waals surface area contributed by atoms with Crippen molar-refractivity contribution in [3.63, 3.8) is 0 Å². The average Bonchev–Trinajstić information content (AvgIpc) is 3.08. The van der Waals surface area contributed by atoms with Crippen LogP contribution in [-0.4, -0.2) is 32.6 Å². The molecule has 7 heteroatoms. The van der Waals surface area contributed by atoms with Crippen molar-refractivity contribution in [2.75, 3.05) is 25.7 Å². The summed E-state index contributed by atoms with van der Waals surface area (Å²) in [6, 6.07) is 12.3. The van der Waals surface area contributed by atoms with Gasteiger partial charge in [0.1, 0.15) is 18.1 Å². The van der Waals surface area contributed by atoms with Gasteiger partial charge in [-0.25, -0.2) is 0 Å². The van der Waals surface area contributed by atoms with Gasteiger partial charge in [0.2, 0.25) is 5.91 Å². The highest BCUT2D eigenvalue weighted by Gasteiger charge is 2.37. The predicted octanol–water partition coefficient (Wildman–Crippen LogP) is 3.45. The van der Waals surface area contributed by atoms with Crippen molar-refractivity contribution in [3.8, 4) is 11.5 Å². The number of methoxy groups -OCH3 is 2. The summed E-state index contributed by atoms with van der Waals surface area (Å²) in [6.45, 7) is 0.396. The zero-order valence-electron chi connectivity index (χ0n) is 15.1. The van der Waals surface area contributed by atoms with Crippen LogP contribution in [-0.2, 0) is 20.9 Å². The molecule has 142 valence electrons. The molecular weight excluding hydrogens is 370 g/mol. The molecule has 2 aromatic rings. The molecule has 0 spiro atoms. The maximum absolute atomic E-state index is 12.4. The largest absolute Gasteiger partial charge is 0.497 e. The van der Waals surface area contributed by atoms with Gasteiger partial charge < -0.3 is 19.1 Å². The van der Waals surface area contributed by atoms with Crippen LogP contribution in [0.15, 0.2) is 42.5 Å². The van der Waals surface area contributed by atoms with Gasteiger partial charge in [0.05, 0.1) is 25.8 Å². The number of rotatable bonds is 6. The molecule has 0 bridgehead atoms. The van der Waals surface area contributed by atoms with Gasteiger partial charge >= 0.3 is 5.97 Å². The lowest BCUT2D eigenvalue weighted by Crippen LogP contribution is -2.26. The van der Waals surface area contributed by atoms with Crippen LogP contribution < -0.4 is 14.4 Å². The van der Waals surface area contributed by atoms with E-state index >= 15 is 0 Å². The van der Waals surface area contributed by atoms with Crippen LogP contribution in [0, 0.1) is 5.92 Å². The van der Waals surface area contributed by atoms with Crippen LogP contribution in [0.25, 0.3) is 0 Å². The predicted molar refractivity (Wildman–Crippen MR) is 101 cm³/mol. The lowest BCUT2D eigenvalue weighted by atomic mass is 10.1. The first-order valence-corrected chi connectivity index (χ1v) is 8.83. The van der Waals surface area contributed by atoms with Crippen molar-refractivity contribution in [2.45, 2.75) is 13.0 Å². The number of halogens is 1. The fraction of sp³-hybridized carbons (Fsp3) is 0.300. The van der Waals surface area contributed by atoms with Gasteiger partial charge in [-0.15, -0.1) is 0 Å².